The average Bonchev–Trinajstić information content (AvgIpc) is 4.15. The van der Waals surface area contributed by atoms with Crippen molar-refractivity contribution < 1.29 is 67.3 Å². The molecule has 0 unspecified atom stereocenters. The van der Waals surface area contributed by atoms with Crippen molar-refractivity contribution in [3.63, 3.8) is 0 Å². The van der Waals surface area contributed by atoms with Crippen molar-refractivity contribution in [2.75, 3.05) is 59.1 Å². The maximum atomic E-state index is 14.2. The van der Waals surface area contributed by atoms with Gasteiger partial charge in [-0.3, -0.25) is 43.2 Å². The molecule has 24 heteroatoms. The van der Waals surface area contributed by atoms with E-state index in [1.54, 1.807) is 62.3 Å². The summed E-state index contributed by atoms with van der Waals surface area (Å²) in [6.07, 6.45) is 3.36. The van der Waals surface area contributed by atoms with Crippen molar-refractivity contribution in [3.05, 3.63) is 0 Å². The molecule has 9 amide bonds. The van der Waals surface area contributed by atoms with E-state index in [4.69, 9.17) is 19.9 Å². The zero-order chi connectivity index (χ0) is 53.9. The van der Waals surface area contributed by atoms with Crippen LogP contribution in [0.3, 0.4) is 0 Å². The van der Waals surface area contributed by atoms with Crippen molar-refractivity contribution in [3.8, 4) is 0 Å². The van der Waals surface area contributed by atoms with E-state index in [1.807, 2.05) is 0 Å². The van der Waals surface area contributed by atoms with Crippen LogP contribution in [0.4, 0.5) is 0 Å². The predicted octanol–water partition coefficient (Wildman–Crippen LogP) is -1.49. The minimum atomic E-state index is -1.37. The summed E-state index contributed by atoms with van der Waals surface area (Å²) in [6.45, 7) is 16.5. The third-order valence-corrected chi connectivity index (χ3v) is 12.6. The van der Waals surface area contributed by atoms with Gasteiger partial charge in [0.1, 0.15) is 42.3 Å². The monoisotopic (exact) mass is 1020 g/mol. The SMILES string of the molecule is C[C@H](NC(=O)CNC(=O)[C@H](COC(C)(C)C)NC(=O)[C@H](COC(C)(C)C)NC(=O)[C@@H]1CCCN1C(=O)CN)C(=O)N1CCC[C@H]1C(=O)N1CCC[C@H]1C(=O)N1CCC[C@H]1C(=O)N[C@@H](COC(C)(C)C)C(=O)O. The van der Waals surface area contributed by atoms with Crippen LogP contribution in [-0.2, 0) is 62.2 Å². The first-order valence-corrected chi connectivity index (χ1v) is 25.1. The molecule has 4 heterocycles. The molecule has 4 saturated heterocycles. The number of nitrogens with zero attached hydrogens (tertiary/aromatic N) is 4. The Morgan fingerprint density at radius 3 is 1.40 bits per heavy atom. The van der Waals surface area contributed by atoms with E-state index in [0.29, 0.717) is 57.9 Å². The lowest BCUT2D eigenvalue weighted by Gasteiger charge is -2.34. The number of likely N-dealkylation sites (tertiary alicyclic amines) is 4. The maximum absolute atomic E-state index is 14.2. The molecule has 0 aromatic rings. The summed E-state index contributed by atoms with van der Waals surface area (Å²) >= 11 is 0. The normalized spacial score (nSPS) is 22.2. The van der Waals surface area contributed by atoms with Crippen LogP contribution in [0.2, 0.25) is 0 Å². The van der Waals surface area contributed by atoms with E-state index in [2.05, 4.69) is 26.6 Å². The average molecular weight is 1020 g/mol. The summed E-state index contributed by atoms with van der Waals surface area (Å²) in [6, 6.07) is -8.78. The molecule has 8 N–H and O–H groups in total. The molecule has 0 spiro atoms. The van der Waals surface area contributed by atoms with Gasteiger partial charge in [0, 0.05) is 26.2 Å². The second kappa shape index (κ2) is 25.5. The molecule has 0 aromatic heterocycles. The highest BCUT2D eigenvalue weighted by molar-refractivity contribution is 5.98. The lowest BCUT2D eigenvalue weighted by Crippen LogP contribution is -2.60. The van der Waals surface area contributed by atoms with E-state index in [0.717, 1.165) is 0 Å². The summed E-state index contributed by atoms with van der Waals surface area (Å²) in [7, 11) is 0. The minimum absolute atomic E-state index is 0.207. The number of aliphatic carboxylic acids is 1. The number of carbonyl (C=O) groups excluding carboxylic acids is 9. The summed E-state index contributed by atoms with van der Waals surface area (Å²) in [5.74, 6) is -6.70. The van der Waals surface area contributed by atoms with Crippen molar-refractivity contribution in [2.45, 2.75) is 186 Å². The fourth-order valence-corrected chi connectivity index (χ4v) is 8.96. The third-order valence-electron chi connectivity index (χ3n) is 12.6. The third kappa shape index (κ3) is 17.1. The van der Waals surface area contributed by atoms with Crippen LogP contribution in [0.15, 0.2) is 0 Å². The fourth-order valence-electron chi connectivity index (χ4n) is 8.96. The van der Waals surface area contributed by atoms with E-state index >= 15 is 0 Å². The Balaban J connectivity index is 1.37. The van der Waals surface area contributed by atoms with Gasteiger partial charge in [-0.05, 0) is 121 Å². The predicted molar refractivity (Wildman–Crippen MR) is 259 cm³/mol. The van der Waals surface area contributed by atoms with E-state index in [9.17, 15) is 53.1 Å². The van der Waals surface area contributed by atoms with Gasteiger partial charge in [0.05, 0.1) is 49.7 Å². The van der Waals surface area contributed by atoms with Crippen LogP contribution in [-0.4, -0.2) is 208 Å². The summed E-state index contributed by atoms with van der Waals surface area (Å²) in [5, 5.41) is 22.6. The molecule has 0 aliphatic carbocycles. The molecule has 4 rings (SSSR count). The van der Waals surface area contributed by atoms with Gasteiger partial charge in [0.15, 0.2) is 6.04 Å². The first-order valence-electron chi connectivity index (χ1n) is 25.1. The Hall–Kier alpha value is -5.46. The number of nitrogens with two attached hydrogens (primary N) is 1. The van der Waals surface area contributed by atoms with Crippen LogP contribution in [0.25, 0.3) is 0 Å². The lowest BCUT2D eigenvalue weighted by molar-refractivity contribution is -0.151. The van der Waals surface area contributed by atoms with Gasteiger partial charge in [0.25, 0.3) is 0 Å². The molecule has 0 bridgehead atoms. The van der Waals surface area contributed by atoms with Crippen LogP contribution >= 0.6 is 0 Å². The first kappa shape index (κ1) is 59.1. The van der Waals surface area contributed by atoms with Gasteiger partial charge in [-0.1, -0.05) is 0 Å². The molecule has 0 radical (unpaired) electrons. The Kier molecular flexibility index (Phi) is 20.9. The number of hydrogen-bond donors (Lipinski definition) is 7. The molecule has 4 aliphatic heterocycles. The van der Waals surface area contributed by atoms with Gasteiger partial charge in [-0.25, -0.2) is 4.79 Å². The zero-order valence-electron chi connectivity index (χ0n) is 43.8. The number of amides is 9. The number of hydrogen-bond acceptors (Lipinski definition) is 14. The first-order chi connectivity index (χ1) is 33.5. The van der Waals surface area contributed by atoms with Crippen LogP contribution in [0.5, 0.6) is 0 Å². The Bertz CT molecular complexity index is 2000. The molecular formula is C48H80N10O14. The summed E-state index contributed by atoms with van der Waals surface area (Å²) in [5.41, 5.74) is 3.43. The smallest absolute Gasteiger partial charge is 0.328 e. The van der Waals surface area contributed by atoms with Crippen LogP contribution in [0, 0.1) is 0 Å². The molecule has 24 nitrogen and oxygen atoms in total. The van der Waals surface area contributed by atoms with Gasteiger partial charge in [-0.2, -0.15) is 0 Å². The van der Waals surface area contributed by atoms with Gasteiger partial charge >= 0.3 is 5.97 Å². The lowest BCUT2D eigenvalue weighted by atomic mass is 10.1. The van der Waals surface area contributed by atoms with E-state index in [1.165, 1.54) is 26.5 Å². The molecule has 4 aliphatic rings. The van der Waals surface area contributed by atoms with Crippen molar-refractivity contribution >= 4 is 59.1 Å². The maximum Gasteiger partial charge on any atom is 0.328 e. The van der Waals surface area contributed by atoms with Crippen LogP contribution < -0.4 is 32.3 Å². The number of carboxylic acid groups (broad SMARTS) is 1. The molecule has 4 fully saturated rings. The topological polar surface area (TPSA) is 318 Å². The van der Waals surface area contributed by atoms with Crippen molar-refractivity contribution in [1.29, 1.82) is 0 Å². The van der Waals surface area contributed by atoms with Crippen molar-refractivity contribution in [1.82, 2.24) is 46.2 Å². The number of ether oxygens (including phenoxy) is 3. The van der Waals surface area contributed by atoms with Gasteiger partial charge in [-0.15, -0.1) is 0 Å². The highest BCUT2D eigenvalue weighted by Crippen LogP contribution is 2.29. The number of carbonyl (C=O) groups is 10. The number of carboxylic acids is 1. The highest BCUT2D eigenvalue weighted by atomic mass is 16.5. The molecule has 72 heavy (non-hydrogen) atoms. The largest absolute Gasteiger partial charge is 0.480 e. The second-order valence-electron chi connectivity index (χ2n) is 21.8. The van der Waals surface area contributed by atoms with Crippen LogP contribution in [0.1, 0.15) is 121 Å². The second-order valence-corrected chi connectivity index (χ2v) is 21.8. The Labute approximate surface area is 422 Å². The van der Waals surface area contributed by atoms with E-state index in [-0.39, 0.29) is 46.0 Å². The standard InChI is InChI=1S/C48H80N10O14/c1-28(42(65)57-21-13-17-34(57)44(67)58-22-14-18-35(58)43(66)56-20-12-16-33(56)41(64)54-31(45(68)69)27-72-48(8,9)10)51-36(59)24-50-38(61)29(25-70-46(2,3)4)52-39(62)30(26-71-47(5,6)7)53-40(63)32-15-11-19-55(32)37(60)23-49/h28-35H,11-27,49H2,1-10H3,(H,50,61)(H,51,59)(H,52,62)(H,53,63)(H,54,64)(H,68,69)/t28-,29-,30-,31-,32-,33-,34-,35-/m0/s1. The molecule has 0 saturated carbocycles. The van der Waals surface area contributed by atoms with Gasteiger partial charge in [0.2, 0.25) is 53.2 Å². The minimum Gasteiger partial charge on any atom is -0.480 e. The quantitative estimate of drug-likeness (QED) is 0.0690. The summed E-state index contributed by atoms with van der Waals surface area (Å²) in [4.78, 5) is 140. The molecule has 406 valence electrons. The van der Waals surface area contributed by atoms with Crippen molar-refractivity contribution in [2.24, 2.45) is 5.73 Å². The molecule has 0 aromatic carbocycles. The molecular weight excluding hydrogens is 941 g/mol. The number of nitrogens with one attached hydrogen (secondary N) is 5. The van der Waals surface area contributed by atoms with E-state index < -0.39 is 131 Å². The zero-order valence-corrected chi connectivity index (χ0v) is 43.8. The highest BCUT2D eigenvalue weighted by Gasteiger charge is 2.47. The Morgan fingerprint density at radius 1 is 0.542 bits per heavy atom. The Morgan fingerprint density at radius 2 is 0.931 bits per heavy atom. The summed E-state index contributed by atoms with van der Waals surface area (Å²) < 4.78 is 17.3. The number of rotatable bonds is 21. The van der Waals surface area contributed by atoms with Gasteiger partial charge < -0.3 is 71.2 Å². The molecule has 8 atom stereocenters. The fraction of sp³-hybridized carbons (Fsp3) is 0.792.